The Labute approximate surface area is 154 Å². The van der Waals surface area contributed by atoms with Crippen molar-refractivity contribution in [3.63, 3.8) is 0 Å². The standard InChI is InChI=1S/C19H17N7O/c1-27-13-6-7-14-12(11-21-17(14)10-13)8-9-20-18-15-4-2-3-5-16(15)19-22-24-25-26(19)23-18/h2-7,10-11,21H,8-9H2,1H3,(H,20,23). The molecule has 0 saturated heterocycles. The van der Waals surface area contributed by atoms with Gasteiger partial charge in [-0.15, -0.1) is 14.8 Å². The smallest absolute Gasteiger partial charge is 0.207 e. The maximum Gasteiger partial charge on any atom is 0.207 e. The monoisotopic (exact) mass is 359 g/mol. The largest absolute Gasteiger partial charge is 0.497 e. The predicted octanol–water partition coefficient (Wildman–Crippen LogP) is 2.82. The van der Waals surface area contributed by atoms with Crippen LogP contribution in [0.25, 0.3) is 27.3 Å². The minimum Gasteiger partial charge on any atom is -0.497 e. The predicted molar refractivity (Wildman–Crippen MR) is 103 cm³/mol. The lowest BCUT2D eigenvalue weighted by Gasteiger charge is -2.09. The Kier molecular flexibility index (Phi) is 3.60. The molecule has 0 radical (unpaired) electrons. The third-order valence-electron chi connectivity index (χ3n) is 4.73. The quantitative estimate of drug-likeness (QED) is 0.501. The molecule has 0 aliphatic heterocycles. The number of anilines is 1. The highest BCUT2D eigenvalue weighted by atomic mass is 16.5. The molecular weight excluding hydrogens is 342 g/mol. The van der Waals surface area contributed by atoms with E-state index in [1.807, 2.05) is 42.6 Å². The summed E-state index contributed by atoms with van der Waals surface area (Å²) in [5, 5.41) is 22.8. The molecule has 2 aromatic carbocycles. The highest BCUT2D eigenvalue weighted by Crippen LogP contribution is 2.25. The molecule has 0 spiro atoms. The summed E-state index contributed by atoms with van der Waals surface area (Å²) >= 11 is 0. The van der Waals surface area contributed by atoms with Crippen LogP contribution < -0.4 is 10.1 Å². The van der Waals surface area contributed by atoms with Crippen LogP contribution in [0.1, 0.15) is 5.56 Å². The van der Waals surface area contributed by atoms with Gasteiger partial charge in [0.25, 0.3) is 0 Å². The Morgan fingerprint density at radius 3 is 2.89 bits per heavy atom. The maximum atomic E-state index is 5.28. The third-order valence-corrected chi connectivity index (χ3v) is 4.73. The number of rotatable bonds is 5. The van der Waals surface area contributed by atoms with Crippen LogP contribution in [0.5, 0.6) is 5.75 Å². The zero-order chi connectivity index (χ0) is 18.2. The number of hydrogen-bond acceptors (Lipinski definition) is 6. The summed E-state index contributed by atoms with van der Waals surface area (Å²) in [4.78, 5) is 3.31. The second-order valence-electron chi connectivity index (χ2n) is 6.29. The lowest BCUT2D eigenvalue weighted by molar-refractivity contribution is 0.415. The Morgan fingerprint density at radius 1 is 1.11 bits per heavy atom. The number of nitrogens with zero attached hydrogens (tertiary/aromatic N) is 5. The molecule has 0 saturated carbocycles. The van der Waals surface area contributed by atoms with Gasteiger partial charge < -0.3 is 15.0 Å². The molecule has 3 heterocycles. The summed E-state index contributed by atoms with van der Waals surface area (Å²) in [5.74, 6) is 1.62. The zero-order valence-corrected chi connectivity index (χ0v) is 14.7. The second kappa shape index (κ2) is 6.24. The SMILES string of the molecule is COc1ccc2c(CCNc3nn4nnnc4c4ccccc34)c[nH]c2c1. The van der Waals surface area contributed by atoms with Gasteiger partial charge in [0.15, 0.2) is 5.82 Å². The molecule has 8 nitrogen and oxygen atoms in total. The van der Waals surface area contributed by atoms with Gasteiger partial charge in [0.1, 0.15) is 5.75 Å². The first-order valence-electron chi connectivity index (χ1n) is 8.68. The van der Waals surface area contributed by atoms with Crippen molar-refractivity contribution < 1.29 is 4.74 Å². The Morgan fingerprint density at radius 2 is 2.00 bits per heavy atom. The van der Waals surface area contributed by atoms with Crippen molar-refractivity contribution in [2.75, 3.05) is 19.0 Å². The highest BCUT2D eigenvalue weighted by Gasteiger charge is 2.11. The lowest BCUT2D eigenvalue weighted by atomic mass is 10.1. The number of nitrogens with one attached hydrogen (secondary N) is 2. The molecule has 5 aromatic rings. The highest BCUT2D eigenvalue weighted by molar-refractivity contribution is 5.99. The molecular formula is C19H17N7O. The molecule has 0 aliphatic rings. The summed E-state index contributed by atoms with van der Waals surface area (Å²) in [5.41, 5.74) is 2.97. The zero-order valence-electron chi connectivity index (χ0n) is 14.7. The molecule has 0 fully saturated rings. The lowest BCUT2D eigenvalue weighted by Crippen LogP contribution is -2.09. The second-order valence-corrected chi connectivity index (χ2v) is 6.29. The van der Waals surface area contributed by atoms with Gasteiger partial charge >= 0.3 is 0 Å². The normalized spacial score (nSPS) is 11.4. The fourth-order valence-corrected chi connectivity index (χ4v) is 3.39. The average Bonchev–Trinajstić information content (AvgIpc) is 3.34. The van der Waals surface area contributed by atoms with Gasteiger partial charge in [-0.25, -0.2) is 0 Å². The summed E-state index contributed by atoms with van der Waals surface area (Å²) in [6.45, 7) is 0.740. The molecule has 2 N–H and O–H groups in total. The minimum absolute atomic E-state index is 0.654. The van der Waals surface area contributed by atoms with E-state index in [4.69, 9.17) is 4.74 Å². The van der Waals surface area contributed by atoms with Crippen molar-refractivity contribution in [2.45, 2.75) is 6.42 Å². The van der Waals surface area contributed by atoms with Crippen LogP contribution >= 0.6 is 0 Å². The van der Waals surface area contributed by atoms with E-state index in [2.05, 4.69) is 37.0 Å². The number of fused-ring (bicyclic) bond motifs is 4. The van der Waals surface area contributed by atoms with Gasteiger partial charge in [0.2, 0.25) is 5.65 Å². The molecule has 0 atom stereocenters. The van der Waals surface area contributed by atoms with E-state index in [-0.39, 0.29) is 0 Å². The van der Waals surface area contributed by atoms with Gasteiger partial charge in [-0.2, -0.15) is 0 Å². The van der Waals surface area contributed by atoms with Crippen LogP contribution in [0.2, 0.25) is 0 Å². The first kappa shape index (κ1) is 15.6. The Balaban J connectivity index is 1.41. The molecule has 8 heteroatoms. The Bertz CT molecular complexity index is 1260. The number of aromatic amines is 1. The van der Waals surface area contributed by atoms with Gasteiger partial charge in [0.05, 0.1) is 7.11 Å². The van der Waals surface area contributed by atoms with Gasteiger partial charge in [-0.05, 0) is 34.5 Å². The number of hydrogen-bond donors (Lipinski definition) is 2. The van der Waals surface area contributed by atoms with Crippen molar-refractivity contribution in [2.24, 2.45) is 0 Å². The van der Waals surface area contributed by atoms with Crippen LogP contribution in [0.3, 0.4) is 0 Å². The van der Waals surface area contributed by atoms with Gasteiger partial charge in [-0.3, -0.25) is 0 Å². The van der Waals surface area contributed by atoms with Gasteiger partial charge in [0, 0.05) is 40.5 Å². The van der Waals surface area contributed by atoms with E-state index < -0.39 is 0 Å². The van der Waals surface area contributed by atoms with E-state index in [0.29, 0.717) is 5.65 Å². The number of aromatic nitrogens is 6. The summed E-state index contributed by atoms with van der Waals surface area (Å²) in [7, 11) is 1.67. The fraction of sp³-hybridized carbons (Fsp3) is 0.158. The van der Waals surface area contributed by atoms with Crippen LogP contribution in [0.15, 0.2) is 48.7 Å². The summed E-state index contributed by atoms with van der Waals surface area (Å²) in [6, 6.07) is 14.1. The van der Waals surface area contributed by atoms with E-state index in [1.54, 1.807) is 7.11 Å². The fourth-order valence-electron chi connectivity index (χ4n) is 3.39. The van der Waals surface area contributed by atoms with Crippen molar-refractivity contribution in [1.29, 1.82) is 0 Å². The summed E-state index contributed by atoms with van der Waals surface area (Å²) < 4.78 is 6.74. The van der Waals surface area contributed by atoms with Crippen molar-refractivity contribution in [3.05, 3.63) is 54.2 Å². The van der Waals surface area contributed by atoms with Crippen LogP contribution in [0.4, 0.5) is 5.82 Å². The molecule has 134 valence electrons. The van der Waals surface area contributed by atoms with Gasteiger partial charge in [-0.1, -0.05) is 24.3 Å². The first-order valence-corrected chi connectivity index (χ1v) is 8.68. The molecule has 0 unspecified atom stereocenters. The molecule has 0 bridgehead atoms. The molecule has 27 heavy (non-hydrogen) atoms. The molecule has 0 amide bonds. The van der Waals surface area contributed by atoms with Crippen molar-refractivity contribution >= 4 is 33.1 Å². The summed E-state index contributed by atoms with van der Waals surface area (Å²) in [6.07, 6.45) is 2.90. The van der Waals surface area contributed by atoms with Crippen LogP contribution in [-0.2, 0) is 6.42 Å². The van der Waals surface area contributed by atoms with Crippen LogP contribution in [-0.4, -0.2) is 43.9 Å². The molecule has 3 aromatic heterocycles. The Hall–Kier alpha value is -3.68. The number of H-pyrrole nitrogens is 1. The topological polar surface area (TPSA) is 93.0 Å². The van der Waals surface area contributed by atoms with Crippen molar-refractivity contribution in [3.8, 4) is 5.75 Å². The van der Waals surface area contributed by atoms with Crippen molar-refractivity contribution in [1.82, 2.24) is 30.2 Å². The number of ether oxygens (including phenoxy) is 1. The number of benzene rings is 2. The average molecular weight is 359 g/mol. The maximum absolute atomic E-state index is 5.28. The van der Waals surface area contributed by atoms with E-state index in [1.165, 1.54) is 15.6 Å². The van der Waals surface area contributed by atoms with E-state index >= 15 is 0 Å². The minimum atomic E-state index is 0.654. The van der Waals surface area contributed by atoms with E-state index in [0.717, 1.165) is 40.8 Å². The van der Waals surface area contributed by atoms with Crippen LogP contribution in [0, 0.1) is 0 Å². The number of methoxy groups -OCH3 is 1. The van der Waals surface area contributed by atoms with E-state index in [9.17, 15) is 0 Å². The molecule has 0 aliphatic carbocycles. The molecule has 5 rings (SSSR count). The number of tetrazole rings is 1. The third kappa shape index (κ3) is 2.62. The first-order chi connectivity index (χ1) is 13.3.